The molecule has 0 saturated carbocycles. The summed E-state index contributed by atoms with van der Waals surface area (Å²) in [7, 11) is 0. The van der Waals surface area contributed by atoms with Gasteiger partial charge in [-0.1, -0.05) is 36.8 Å². The number of carboxylic acid groups (broad SMARTS) is 1. The van der Waals surface area contributed by atoms with E-state index in [1.807, 2.05) is 18.2 Å². The van der Waals surface area contributed by atoms with E-state index in [-0.39, 0.29) is 12.8 Å². The van der Waals surface area contributed by atoms with Crippen molar-refractivity contribution in [2.45, 2.75) is 69.7 Å². The van der Waals surface area contributed by atoms with E-state index >= 15 is 0 Å². The van der Waals surface area contributed by atoms with Crippen LogP contribution < -0.4 is 5.32 Å². The van der Waals surface area contributed by atoms with Crippen LogP contribution in [-0.4, -0.2) is 58.5 Å². The lowest BCUT2D eigenvalue weighted by Gasteiger charge is -2.28. The Kier molecular flexibility index (Phi) is 7.57. The normalized spacial score (nSPS) is 23.5. The van der Waals surface area contributed by atoms with Crippen molar-refractivity contribution in [3.63, 3.8) is 0 Å². The number of carbonyl (C=O) groups is 4. The lowest BCUT2D eigenvalue weighted by atomic mass is 10.1. The molecular weight excluding hydrogens is 388 g/mol. The van der Waals surface area contributed by atoms with Gasteiger partial charge in [-0.2, -0.15) is 0 Å². The maximum Gasteiger partial charge on any atom is 0.326 e. The van der Waals surface area contributed by atoms with Crippen LogP contribution in [0, 0.1) is 0 Å². The minimum absolute atomic E-state index is 0.137. The molecule has 162 valence electrons. The molecule has 0 radical (unpaired) electrons. The van der Waals surface area contributed by atoms with Gasteiger partial charge in [0.05, 0.1) is 0 Å². The van der Waals surface area contributed by atoms with Crippen LogP contribution in [0.2, 0.25) is 0 Å². The van der Waals surface area contributed by atoms with Crippen LogP contribution in [0.3, 0.4) is 0 Å². The summed E-state index contributed by atoms with van der Waals surface area (Å²) in [5, 5.41) is 12.0. The predicted octanol–water partition coefficient (Wildman–Crippen LogP) is 1.67. The lowest BCUT2D eigenvalue weighted by Crippen LogP contribution is -2.55. The highest BCUT2D eigenvalue weighted by atomic mass is 16.5. The number of hydrogen-bond donors (Lipinski definition) is 2. The molecule has 8 nitrogen and oxygen atoms in total. The molecule has 2 N–H and O–H groups in total. The first-order valence-electron chi connectivity index (χ1n) is 10.5. The number of aryl methyl sites for hydroxylation is 1. The van der Waals surface area contributed by atoms with Gasteiger partial charge < -0.3 is 20.1 Å². The maximum absolute atomic E-state index is 12.8. The number of unbranched alkanes of at least 4 members (excludes halogenated alkanes) is 2. The predicted molar refractivity (Wildman–Crippen MR) is 107 cm³/mol. The first-order valence-corrected chi connectivity index (χ1v) is 10.5. The van der Waals surface area contributed by atoms with Crippen molar-refractivity contribution >= 4 is 23.6 Å². The number of likely N-dealkylation sites (tertiary alicyclic amines) is 1. The minimum Gasteiger partial charge on any atom is -0.480 e. The molecule has 2 aliphatic rings. The average Bonchev–Trinajstić information content (AvgIpc) is 3.37. The molecule has 8 heteroatoms. The molecule has 2 unspecified atom stereocenters. The molecule has 1 aromatic carbocycles. The van der Waals surface area contributed by atoms with Crippen LogP contribution >= 0.6 is 0 Å². The summed E-state index contributed by atoms with van der Waals surface area (Å²) in [6, 6.07) is 8.80. The number of carbonyl (C=O) groups excluding carboxylic acids is 3. The van der Waals surface area contributed by atoms with Crippen molar-refractivity contribution in [3.8, 4) is 0 Å². The highest BCUT2D eigenvalue weighted by Crippen LogP contribution is 2.23. The van der Waals surface area contributed by atoms with E-state index < -0.39 is 41.9 Å². The summed E-state index contributed by atoms with van der Waals surface area (Å²) in [6.45, 7) is 0.472. The zero-order valence-corrected chi connectivity index (χ0v) is 16.9. The van der Waals surface area contributed by atoms with Crippen molar-refractivity contribution in [3.05, 3.63) is 35.9 Å². The number of aliphatic carboxylic acids is 1. The molecule has 0 aliphatic carbocycles. The molecule has 2 heterocycles. The molecule has 3 atom stereocenters. The van der Waals surface area contributed by atoms with Gasteiger partial charge in [0.25, 0.3) is 5.91 Å². The first kappa shape index (κ1) is 22.0. The van der Waals surface area contributed by atoms with Crippen LogP contribution in [0.15, 0.2) is 30.3 Å². The fourth-order valence-electron chi connectivity index (χ4n) is 3.98. The lowest BCUT2D eigenvalue weighted by molar-refractivity contribution is -0.151. The topological polar surface area (TPSA) is 113 Å². The Morgan fingerprint density at radius 3 is 2.57 bits per heavy atom. The third kappa shape index (κ3) is 5.44. The Labute approximate surface area is 175 Å². The number of ketones is 1. The van der Waals surface area contributed by atoms with Crippen molar-refractivity contribution in [1.82, 2.24) is 10.2 Å². The smallest absolute Gasteiger partial charge is 0.326 e. The van der Waals surface area contributed by atoms with Crippen molar-refractivity contribution in [2.24, 2.45) is 0 Å². The fraction of sp³-hybridized carbons (Fsp3) is 0.545. The Morgan fingerprint density at radius 2 is 1.90 bits per heavy atom. The summed E-state index contributed by atoms with van der Waals surface area (Å²) in [4.78, 5) is 50.1. The molecule has 2 aliphatic heterocycles. The second-order valence-corrected chi connectivity index (χ2v) is 7.78. The number of hydrogen-bond acceptors (Lipinski definition) is 5. The SMILES string of the molecule is O=C(NC1C(=O)C[C@@H](C(=O)O)N1C(=O)CCCCCc1ccccc1)C1CCCO1. The number of amides is 2. The van der Waals surface area contributed by atoms with Gasteiger partial charge in [0.15, 0.2) is 11.9 Å². The largest absolute Gasteiger partial charge is 0.480 e. The van der Waals surface area contributed by atoms with E-state index in [9.17, 15) is 24.3 Å². The zero-order valence-electron chi connectivity index (χ0n) is 16.9. The number of nitrogens with zero attached hydrogens (tertiary/aromatic N) is 1. The molecule has 2 fully saturated rings. The third-order valence-corrected chi connectivity index (χ3v) is 5.59. The highest BCUT2D eigenvalue weighted by Gasteiger charge is 2.47. The van der Waals surface area contributed by atoms with Gasteiger partial charge in [-0.15, -0.1) is 0 Å². The fourth-order valence-corrected chi connectivity index (χ4v) is 3.98. The van der Waals surface area contributed by atoms with Crippen molar-refractivity contribution in [2.75, 3.05) is 6.61 Å². The summed E-state index contributed by atoms with van der Waals surface area (Å²) in [5.41, 5.74) is 1.23. The zero-order chi connectivity index (χ0) is 21.5. The monoisotopic (exact) mass is 416 g/mol. The summed E-state index contributed by atoms with van der Waals surface area (Å²) in [5.74, 6) is -2.61. The minimum atomic E-state index is -1.25. The summed E-state index contributed by atoms with van der Waals surface area (Å²) < 4.78 is 5.32. The molecule has 1 aromatic rings. The van der Waals surface area contributed by atoms with Crippen molar-refractivity contribution in [1.29, 1.82) is 0 Å². The Morgan fingerprint density at radius 1 is 1.13 bits per heavy atom. The Hall–Kier alpha value is -2.74. The molecule has 30 heavy (non-hydrogen) atoms. The van der Waals surface area contributed by atoms with Crippen molar-refractivity contribution < 1.29 is 29.0 Å². The van der Waals surface area contributed by atoms with E-state index in [0.717, 1.165) is 30.6 Å². The third-order valence-electron chi connectivity index (χ3n) is 5.59. The highest BCUT2D eigenvalue weighted by molar-refractivity contribution is 6.00. The standard InChI is InChI=1S/C22H28N2O6/c25-17-14-16(22(28)29)24(20(17)23-21(27)18-11-7-13-30-18)19(26)12-6-2-5-10-15-8-3-1-4-9-15/h1,3-4,8-9,16,18,20H,2,5-7,10-14H2,(H,23,27)(H,28,29)/t16-,18?,20?/m0/s1. The van der Waals surface area contributed by atoms with Gasteiger partial charge >= 0.3 is 5.97 Å². The second kappa shape index (κ2) is 10.3. The summed E-state index contributed by atoms with van der Waals surface area (Å²) >= 11 is 0. The van der Waals surface area contributed by atoms with Crippen LogP contribution in [-0.2, 0) is 30.3 Å². The molecule has 2 amide bonds. The molecular formula is C22H28N2O6. The van der Waals surface area contributed by atoms with Gasteiger partial charge in [0.1, 0.15) is 12.1 Å². The maximum atomic E-state index is 12.8. The van der Waals surface area contributed by atoms with E-state index in [4.69, 9.17) is 4.74 Å². The van der Waals surface area contributed by atoms with E-state index in [1.54, 1.807) is 0 Å². The molecule has 0 spiro atoms. The molecule has 3 rings (SSSR count). The second-order valence-electron chi connectivity index (χ2n) is 7.78. The average molecular weight is 416 g/mol. The van der Waals surface area contributed by atoms with Crippen LogP contribution in [0.5, 0.6) is 0 Å². The molecule has 2 saturated heterocycles. The Bertz CT molecular complexity index is 775. The van der Waals surface area contributed by atoms with Crippen LogP contribution in [0.4, 0.5) is 0 Å². The van der Waals surface area contributed by atoms with Gasteiger partial charge in [-0.05, 0) is 37.7 Å². The number of Topliss-reactive ketones (excluding diaryl/α,β-unsaturated/α-hetero) is 1. The van der Waals surface area contributed by atoms with E-state index in [0.29, 0.717) is 19.4 Å². The number of nitrogens with one attached hydrogen (secondary N) is 1. The van der Waals surface area contributed by atoms with Gasteiger partial charge in [-0.3, -0.25) is 14.4 Å². The molecule has 0 aromatic heterocycles. The van der Waals surface area contributed by atoms with Gasteiger partial charge in [0.2, 0.25) is 5.91 Å². The van der Waals surface area contributed by atoms with Crippen LogP contribution in [0.1, 0.15) is 50.5 Å². The van der Waals surface area contributed by atoms with E-state index in [1.165, 1.54) is 5.56 Å². The van der Waals surface area contributed by atoms with Gasteiger partial charge in [-0.25, -0.2) is 4.79 Å². The number of rotatable bonds is 9. The molecule has 0 bridgehead atoms. The Balaban J connectivity index is 1.54. The number of benzene rings is 1. The van der Waals surface area contributed by atoms with E-state index in [2.05, 4.69) is 17.4 Å². The first-order chi connectivity index (χ1) is 14.5. The quantitative estimate of drug-likeness (QED) is 0.592. The number of carboxylic acids is 1. The van der Waals surface area contributed by atoms with Crippen LogP contribution in [0.25, 0.3) is 0 Å². The summed E-state index contributed by atoms with van der Waals surface area (Å²) in [6.07, 6.45) is 2.47. The number of ether oxygens (including phenoxy) is 1. The van der Waals surface area contributed by atoms with Gasteiger partial charge in [0, 0.05) is 19.4 Å².